The van der Waals surface area contributed by atoms with Gasteiger partial charge >= 0.3 is 0 Å². The molecule has 0 saturated heterocycles. The molecule has 4 aromatic carbocycles. The topological polar surface area (TPSA) is 86.8 Å². The smallest absolute Gasteiger partial charge is 0.264 e. The average Bonchev–Trinajstić information content (AvgIpc) is 2.99. The molecule has 43 heavy (non-hydrogen) atoms. The first-order chi connectivity index (χ1) is 20.5. The summed E-state index contributed by atoms with van der Waals surface area (Å²) in [6, 6.07) is 28.3. The zero-order valence-electron chi connectivity index (χ0n) is 25.4. The molecule has 224 valence electrons. The normalized spacial score (nSPS) is 11.9. The number of hydrogen-bond acceptors (Lipinski definition) is 4. The largest absolute Gasteiger partial charge is 0.357 e. The molecule has 0 aromatic heterocycles. The third-order valence-corrected chi connectivity index (χ3v) is 9.40. The second-order valence-corrected chi connectivity index (χ2v) is 12.7. The molecule has 0 aliphatic heterocycles. The predicted molar refractivity (Wildman–Crippen MR) is 171 cm³/mol. The van der Waals surface area contributed by atoms with E-state index in [0.717, 1.165) is 33.4 Å². The van der Waals surface area contributed by atoms with Gasteiger partial charge in [-0.15, -0.1) is 0 Å². The van der Waals surface area contributed by atoms with Crippen molar-refractivity contribution < 1.29 is 18.0 Å². The first-order valence-corrected chi connectivity index (χ1v) is 15.7. The van der Waals surface area contributed by atoms with Gasteiger partial charge < -0.3 is 10.2 Å². The molecule has 0 aliphatic rings. The van der Waals surface area contributed by atoms with Crippen molar-refractivity contribution in [3.63, 3.8) is 0 Å². The Labute approximate surface area is 255 Å². The molecule has 2 amide bonds. The van der Waals surface area contributed by atoms with E-state index in [4.69, 9.17) is 0 Å². The van der Waals surface area contributed by atoms with Crippen LogP contribution in [0, 0.1) is 27.7 Å². The van der Waals surface area contributed by atoms with Crippen LogP contribution in [0.25, 0.3) is 0 Å². The van der Waals surface area contributed by atoms with Gasteiger partial charge in [-0.25, -0.2) is 8.42 Å². The van der Waals surface area contributed by atoms with E-state index in [-0.39, 0.29) is 23.8 Å². The van der Waals surface area contributed by atoms with Crippen molar-refractivity contribution >= 4 is 27.5 Å². The van der Waals surface area contributed by atoms with E-state index in [0.29, 0.717) is 5.69 Å². The molecule has 7 nitrogen and oxygen atoms in total. The maximum absolute atomic E-state index is 14.4. The van der Waals surface area contributed by atoms with E-state index >= 15 is 0 Å². The Balaban J connectivity index is 1.82. The standard InChI is InChI=1S/C35H39N3O4S/c1-25-15-18-31(19-16-25)43(41,42)38(32-20-17-26(2)21-28(32)4)24-34(39)37(23-30-14-10-9-11-27(30)3)33(35(40)36-5)22-29-12-7-6-8-13-29/h6-21,33H,22-24H2,1-5H3,(H,36,40)/t33-/m1/s1. The molecule has 0 heterocycles. The second-order valence-electron chi connectivity index (χ2n) is 10.9. The van der Waals surface area contributed by atoms with Crippen LogP contribution in [-0.4, -0.2) is 44.8 Å². The zero-order chi connectivity index (χ0) is 31.1. The first kappa shape index (κ1) is 31.5. The Kier molecular flexibility index (Phi) is 10.0. The van der Waals surface area contributed by atoms with Crippen LogP contribution in [0.5, 0.6) is 0 Å². The van der Waals surface area contributed by atoms with Crippen molar-refractivity contribution in [2.75, 3.05) is 17.9 Å². The van der Waals surface area contributed by atoms with Gasteiger partial charge in [0.25, 0.3) is 10.0 Å². The molecule has 0 saturated carbocycles. The van der Waals surface area contributed by atoms with Crippen LogP contribution in [0.15, 0.2) is 102 Å². The molecule has 1 atom stereocenters. The molecule has 4 aromatic rings. The van der Waals surface area contributed by atoms with Gasteiger partial charge in [0.15, 0.2) is 0 Å². The van der Waals surface area contributed by atoms with E-state index in [1.807, 2.05) is 94.4 Å². The highest BCUT2D eigenvalue weighted by Gasteiger charge is 2.35. The summed E-state index contributed by atoms with van der Waals surface area (Å²) in [7, 11) is -2.60. The fourth-order valence-corrected chi connectivity index (χ4v) is 6.61. The van der Waals surface area contributed by atoms with Crippen molar-refractivity contribution in [1.82, 2.24) is 10.2 Å². The number of amides is 2. The Hall–Kier alpha value is -4.43. The molecule has 4 rings (SSSR count). The minimum atomic E-state index is -4.14. The number of rotatable bonds is 11. The maximum Gasteiger partial charge on any atom is 0.264 e. The van der Waals surface area contributed by atoms with E-state index in [9.17, 15) is 18.0 Å². The zero-order valence-corrected chi connectivity index (χ0v) is 26.2. The van der Waals surface area contributed by atoms with Crippen molar-refractivity contribution in [2.24, 2.45) is 0 Å². The number of carbonyl (C=O) groups excluding carboxylic acids is 2. The van der Waals surface area contributed by atoms with Crippen LogP contribution in [0.3, 0.4) is 0 Å². The molecule has 0 aliphatic carbocycles. The molecule has 0 fully saturated rings. The number of sulfonamides is 1. The number of nitrogens with zero attached hydrogens (tertiary/aromatic N) is 2. The SMILES string of the molecule is CNC(=O)[C@@H](Cc1ccccc1)N(Cc1ccccc1C)C(=O)CN(c1ccc(C)cc1C)S(=O)(=O)c1ccc(C)cc1. The van der Waals surface area contributed by atoms with Crippen molar-refractivity contribution in [3.05, 3.63) is 130 Å². The summed E-state index contributed by atoms with van der Waals surface area (Å²) >= 11 is 0. The highest BCUT2D eigenvalue weighted by molar-refractivity contribution is 7.92. The van der Waals surface area contributed by atoms with Crippen molar-refractivity contribution in [1.29, 1.82) is 0 Å². The van der Waals surface area contributed by atoms with E-state index in [1.165, 1.54) is 9.21 Å². The quantitative estimate of drug-likeness (QED) is 0.247. The monoisotopic (exact) mass is 597 g/mol. The van der Waals surface area contributed by atoms with E-state index in [1.54, 1.807) is 37.4 Å². The molecule has 0 spiro atoms. The number of nitrogens with one attached hydrogen (secondary N) is 1. The second kappa shape index (κ2) is 13.7. The third-order valence-electron chi connectivity index (χ3n) is 7.63. The summed E-state index contributed by atoms with van der Waals surface area (Å²) in [4.78, 5) is 29.4. The number of aryl methyl sites for hydroxylation is 4. The molecule has 0 radical (unpaired) electrons. The predicted octanol–water partition coefficient (Wildman–Crippen LogP) is 5.50. The summed E-state index contributed by atoms with van der Waals surface area (Å²) in [6.45, 7) is 7.27. The molecule has 0 unspecified atom stereocenters. The molecule has 0 bridgehead atoms. The highest BCUT2D eigenvalue weighted by Crippen LogP contribution is 2.29. The highest BCUT2D eigenvalue weighted by atomic mass is 32.2. The Morgan fingerprint density at radius 2 is 1.40 bits per heavy atom. The fraction of sp³-hybridized carbons (Fsp3) is 0.257. The first-order valence-electron chi connectivity index (χ1n) is 14.3. The van der Waals surface area contributed by atoms with Crippen LogP contribution in [0.4, 0.5) is 5.69 Å². The summed E-state index contributed by atoms with van der Waals surface area (Å²) < 4.78 is 29.5. The number of carbonyl (C=O) groups is 2. The minimum absolute atomic E-state index is 0.0865. The minimum Gasteiger partial charge on any atom is -0.357 e. The van der Waals surface area contributed by atoms with Crippen LogP contribution in [-0.2, 0) is 32.6 Å². The van der Waals surface area contributed by atoms with Gasteiger partial charge in [0.05, 0.1) is 10.6 Å². The van der Waals surface area contributed by atoms with Crippen LogP contribution in [0.2, 0.25) is 0 Å². The third kappa shape index (κ3) is 7.51. The maximum atomic E-state index is 14.4. The molecular formula is C35H39N3O4S. The number of likely N-dealkylation sites (N-methyl/N-ethyl adjacent to an activating group) is 1. The van der Waals surface area contributed by atoms with E-state index < -0.39 is 28.5 Å². The van der Waals surface area contributed by atoms with Gasteiger partial charge in [-0.05, 0) is 68.1 Å². The van der Waals surface area contributed by atoms with Gasteiger partial charge in [-0.3, -0.25) is 13.9 Å². The summed E-state index contributed by atoms with van der Waals surface area (Å²) in [6.07, 6.45) is 0.270. The Morgan fingerprint density at radius 3 is 2.02 bits per heavy atom. The lowest BCUT2D eigenvalue weighted by atomic mass is 10.0. The number of anilines is 1. The van der Waals surface area contributed by atoms with E-state index in [2.05, 4.69) is 5.32 Å². The number of benzene rings is 4. The fourth-order valence-electron chi connectivity index (χ4n) is 5.13. The van der Waals surface area contributed by atoms with Crippen LogP contribution in [0.1, 0.15) is 33.4 Å². The molecule has 8 heteroatoms. The lowest BCUT2D eigenvalue weighted by Gasteiger charge is -2.34. The Bertz CT molecular complexity index is 1690. The summed E-state index contributed by atoms with van der Waals surface area (Å²) in [5.74, 6) is -0.811. The van der Waals surface area contributed by atoms with Gasteiger partial charge in [0, 0.05) is 20.0 Å². The average molecular weight is 598 g/mol. The lowest BCUT2D eigenvalue weighted by Crippen LogP contribution is -2.53. The summed E-state index contributed by atoms with van der Waals surface area (Å²) in [5.41, 5.74) is 5.76. The van der Waals surface area contributed by atoms with Crippen molar-refractivity contribution in [3.8, 4) is 0 Å². The molecule has 1 N–H and O–H groups in total. The number of hydrogen-bond donors (Lipinski definition) is 1. The van der Waals surface area contributed by atoms with Crippen molar-refractivity contribution in [2.45, 2.75) is 51.6 Å². The van der Waals surface area contributed by atoms with Gasteiger partial charge in [0.1, 0.15) is 12.6 Å². The van der Waals surface area contributed by atoms with Crippen LogP contribution < -0.4 is 9.62 Å². The van der Waals surface area contributed by atoms with Gasteiger partial charge in [-0.1, -0.05) is 90.0 Å². The summed E-state index contributed by atoms with van der Waals surface area (Å²) in [5, 5.41) is 2.72. The lowest BCUT2D eigenvalue weighted by molar-refractivity contribution is -0.139. The molecular weight excluding hydrogens is 558 g/mol. The Morgan fingerprint density at radius 1 is 0.767 bits per heavy atom. The van der Waals surface area contributed by atoms with Crippen LogP contribution >= 0.6 is 0 Å². The van der Waals surface area contributed by atoms with Gasteiger partial charge in [0.2, 0.25) is 11.8 Å². The van der Waals surface area contributed by atoms with Gasteiger partial charge in [-0.2, -0.15) is 0 Å².